The van der Waals surface area contributed by atoms with E-state index in [4.69, 9.17) is 4.74 Å². The number of aliphatic hydroxyl groups excluding tert-OH is 1. The van der Waals surface area contributed by atoms with Gasteiger partial charge in [-0.2, -0.15) is 0 Å². The van der Waals surface area contributed by atoms with Crippen molar-refractivity contribution in [3.63, 3.8) is 0 Å². The smallest absolute Gasteiger partial charge is 0.246 e. The molecule has 91 heavy (non-hydrogen) atoms. The van der Waals surface area contributed by atoms with Gasteiger partial charge in [-0.3, -0.25) is 57.6 Å². The predicted molar refractivity (Wildman–Crippen MR) is 350 cm³/mol. The minimum atomic E-state index is -1.60. The Hall–Kier alpha value is -5.95. The molecule has 0 bridgehead atoms. The molecule has 2 heterocycles. The van der Waals surface area contributed by atoms with E-state index < -0.39 is 161 Å². The van der Waals surface area contributed by atoms with Crippen molar-refractivity contribution < 1.29 is 62.6 Å². The van der Waals surface area contributed by atoms with Gasteiger partial charge in [0, 0.05) is 69.0 Å². The van der Waals surface area contributed by atoms with Crippen molar-refractivity contribution in [1.29, 1.82) is 0 Å². The number of morpholine rings is 1. The van der Waals surface area contributed by atoms with Gasteiger partial charge in [0.15, 0.2) is 0 Å². The van der Waals surface area contributed by atoms with Crippen LogP contribution in [0.4, 0.5) is 0 Å². The molecular formula is C66H120N12O13. The number of rotatable bonds is 17. The maximum Gasteiger partial charge on any atom is 0.246 e. The number of carbonyl (C=O) groups excluding carboxylic acids is 11. The first kappa shape index (κ1) is 81.1. The summed E-state index contributed by atoms with van der Waals surface area (Å²) >= 11 is 0. The highest BCUT2D eigenvalue weighted by Gasteiger charge is 2.46. The summed E-state index contributed by atoms with van der Waals surface area (Å²) in [6, 6.07) is -13.7. The van der Waals surface area contributed by atoms with Gasteiger partial charge >= 0.3 is 0 Å². The molecule has 0 radical (unpaired) electrons. The molecule has 2 aliphatic heterocycles. The summed E-state index contributed by atoms with van der Waals surface area (Å²) in [6.07, 6.45) is 0.956. The molecule has 25 nitrogen and oxygen atoms in total. The number of amides is 11. The number of unbranched alkanes of at least 4 members (excludes halogenated alkanes) is 1. The fourth-order valence-corrected chi connectivity index (χ4v) is 12.3. The molecule has 0 aromatic carbocycles. The second-order valence-corrected chi connectivity index (χ2v) is 28.0. The topological polar surface area (TPSA) is 291 Å². The van der Waals surface area contributed by atoms with E-state index in [1.54, 1.807) is 41.5 Å². The minimum absolute atomic E-state index is 0.0161. The lowest BCUT2D eigenvalue weighted by Crippen LogP contribution is -2.64. The molecule has 14 atom stereocenters. The summed E-state index contributed by atoms with van der Waals surface area (Å²) in [6.45, 7) is 32.2. The van der Waals surface area contributed by atoms with Crippen LogP contribution >= 0.6 is 0 Å². The number of hydrogen-bond acceptors (Lipinski definition) is 14. The van der Waals surface area contributed by atoms with Crippen LogP contribution in [-0.2, 0) is 57.5 Å². The lowest BCUT2D eigenvalue weighted by Gasteiger charge is -2.41. The summed E-state index contributed by atoms with van der Waals surface area (Å²) in [4.78, 5) is 174. The van der Waals surface area contributed by atoms with E-state index in [0.717, 1.165) is 11.3 Å². The van der Waals surface area contributed by atoms with E-state index in [1.165, 1.54) is 99.5 Å². The van der Waals surface area contributed by atoms with Crippen LogP contribution in [0, 0.1) is 41.4 Å². The Morgan fingerprint density at radius 3 is 1.40 bits per heavy atom. The highest BCUT2D eigenvalue weighted by atomic mass is 16.5. The monoisotopic (exact) mass is 1290 g/mol. The third kappa shape index (κ3) is 22.1. The molecule has 522 valence electrons. The Bertz CT molecular complexity index is 2460. The van der Waals surface area contributed by atoms with E-state index in [9.17, 15) is 33.9 Å². The third-order valence-corrected chi connectivity index (χ3v) is 18.2. The summed E-state index contributed by atoms with van der Waals surface area (Å²) < 4.78 is 5.60. The number of aliphatic hydroxyl groups is 1. The predicted octanol–water partition coefficient (Wildman–Crippen LogP) is 2.80. The van der Waals surface area contributed by atoms with Gasteiger partial charge in [0.2, 0.25) is 65.0 Å². The minimum Gasteiger partial charge on any atom is -0.390 e. The fraction of sp³-hybridized carbons (Fsp3) is 0.833. The van der Waals surface area contributed by atoms with E-state index in [-0.39, 0.29) is 43.4 Å². The van der Waals surface area contributed by atoms with E-state index in [2.05, 4.69) is 26.2 Å². The van der Waals surface area contributed by atoms with Crippen molar-refractivity contribution in [2.45, 2.75) is 235 Å². The van der Waals surface area contributed by atoms with Crippen LogP contribution in [0.2, 0.25) is 0 Å². The molecule has 2 aliphatic rings. The Balaban J connectivity index is 3.04. The zero-order chi connectivity index (χ0) is 70.0. The van der Waals surface area contributed by atoms with Crippen molar-refractivity contribution in [2.75, 3.05) is 82.2 Å². The summed E-state index contributed by atoms with van der Waals surface area (Å²) in [7, 11) is 10.0. The van der Waals surface area contributed by atoms with Gasteiger partial charge in [0.05, 0.1) is 19.3 Å². The average Bonchev–Trinajstić information content (AvgIpc) is 2.18. The quantitative estimate of drug-likeness (QED) is 0.140. The molecule has 11 amide bonds. The van der Waals surface area contributed by atoms with Crippen molar-refractivity contribution in [3.8, 4) is 0 Å². The molecule has 2 rings (SSSR count). The van der Waals surface area contributed by atoms with E-state index in [0.29, 0.717) is 45.7 Å². The lowest BCUT2D eigenvalue weighted by atomic mass is 9.90. The highest BCUT2D eigenvalue weighted by molar-refractivity contribution is 6.00. The van der Waals surface area contributed by atoms with Gasteiger partial charge in [0.25, 0.3) is 0 Å². The molecule has 25 heteroatoms. The summed E-state index contributed by atoms with van der Waals surface area (Å²) in [5, 5.41) is 23.4. The van der Waals surface area contributed by atoms with Crippen LogP contribution in [-0.4, -0.2) is 264 Å². The molecule has 0 aromatic rings. The summed E-state index contributed by atoms with van der Waals surface area (Å²) in [5.74, 6) is -10.1. The fourth-order valence-electron chi connectivity index (χ4n) is 12.3. The first-order chi connectivity index (χ1) is 42.2. The van der Waals surface area contributed by atoms with Crippen molar-refractivity contribution in [1.82, 2.24) is 60.5 Å². The normalized spacial score (nSPS) is 28.2. The Morgan fingerprint density at radius 2 is 0.912 bits per heavy atom. The molecular weight excluding hydrogens is 1170 g/mol. The van der Waals surface area contributed by atoms with Crippen molar-refractivity contribution in [2.24, 2.45) is 41.4 Å². The van der Waals surface area contributed by atoms with E-state index >= 15 is 24.0 Å². The van der Waals surface area contributed by atoms with Crippen LogP contribution in [0.5, 0.6) is 0 Å². The van der Waals surface area contributed by atoms with Gasteiger partial charge < -0.3 is 65.4 Å². The number of nitrogens with one attached hydrogen (secondary N) is 4. The average molecular weight is 1290 g/mol. The second-order valence-electron chi connectivity index (χ2n) is 28.0. The van der Waals surface area contributed by atoms with Gasteiger partial charge in [-0.05, 0) is 94.3 Å². The SMILES string of the molecule is CCCC[C@@H](C)[C@@H](O)[C@H]1C(=O)N[C@@H](CC)C(=O)N(C)[C@H](C)C(=O)N(C)C([C@@H](C)CN2CCOCC2)C(=O)N[C@@H](C(C)C)C(=O)N(C)[C@@H](CC(C)C)C(=O)N[C@@H](C)C(=O)N[C@H](C)C(=O)N(C)[C@@H](CC(C)C)C(=O)N(C)[C@@H](CC(C)C)C(=O)N(C)[C@@H](C(C)C)C(=O)N1C. The molecule has 0 aliphatic carbocycles. The molecule has 2 saturated heterocycles. The van der Waals surface area contributed by atoms with Gasteiger partial charge in [0.1, 0.15) is 66.5 Å². The number of hydrogen-bond donors (Lipinski definition) is 5. The number of carbonyl (C=O) groups is 11. The van der Waals surface area contributed by atoms with Crippen LogP contribution in [0.1, 0.15) is 163 Å². The van der Waals surface area contributed by atoms with Crippen LogP contribution < -0.4 is 21.3 Å². The Morgan fingerprint density at radius 1 is 0.462 bits per heavy atom. The number of ether oxygens (including phenoxy) is 1. The largest absolute Gasteiger partial charge is 0.390 e. The zero-order valence-electron chi connectivity index (χ0n) is 59.9. The maximum atomic E-state index is 15.3. The molecule has 0 spiro atoms. The van der Waals surface area contributed by atoms with Gasteiger partial charge in [-0.1, -0.05) is 110 Å². The number of nitrogens with zero attached hydrogens (tertiary/aromatic N) is 8. The molecule has 5 N–H and O–H groups in total. The number of likely N-dealkylation sites (N-methyl/N-ethyl adjacent to an activating group) is 7. The lowest BCUT2D eigenvalue weighted by molar-refractivity contribution is -0.157. The van der Waals surface area contributed by atoms with E-state index in [1.807, 2.05) is 55.4 Å². The first-order valence-corrected chi connectivity index (χ1v) is 33.3. The molecule has 1 unspecified atom stereocenters. The highest BCUT2D eigenvalue weighted by Crippen LogP contribution is 2.27. The third-order valence-electron chi connectivity index (χ3n) is 18.2. The van der Waals surface area contributed by atoms with Crippen LogP contribution in [0.15, 0.2) is 0 Å². The summed E-state index contributed by atoms with van der Waals surface area (Å²) in [5.41, 5.74) is 0. The maximum absolute atomic E-state index is 15.3. The standard InChI is InChI=1S/C66H120N12O13/c1-25-27-28-42(13)55(79)54-59(83)69-47(26-2)62(86)71(18)46(17)61(85)76(23)53(43(14)36-78-29-31-91-32-30-78)58(82)70-51(40(9)10)65(89)72(19)48(33-37(3)4)57(81)67-44(15)56(80)68-45(16)60(84)73(20)49(34-38(5)6)63(87)74(21)50(35-39(7)8)64(88)75(22)52(41(11)12)66(90)77(54)24/h37-55,79H,25-36H2,1-24H3,(H,67,81)(H,68,80)(H,69,83)(H,70,82)/t42-,43+,44+,45-,46-,47+,48+,49+,50+,51+,52+,53?,54+,55-/m1/s1. The van der Waals surface area contributed by atoms with Crippen molar-refractivity contribution in [3.05, 3.63) is 0 Å². The van der Waals surface area contributed by atoms with Crippen LogP contribution in [0.3, 0.4) is 0 Å². The Labute approximate surface area is 544 Å². The first-order valence-electron chi connectivity index (χ1n) is 33.3. The molecule has 0 saturated carbocycles. The zero-order valence-corrected chi connectivity index (χ0v) is 59.9. The van der Waals surface area contributed by atoms with Gasteiger partial charge in [-0.15, -0.1) is 0 Å². The van der Waals surface area contributed by atoms with Crippen LogP contribution in [0.25, 0.3) is 0 Å². The van der Waals surface area contributed by atoms with Crippen molar-refractivity contribution >= 4 is 65.0 Å². The van der Waals surface area contributed by atoms with Gasteiger partial charge in [-0.25, -0.2) is 0 Å². The molecule has 2 fully saturated rings. The second kappa shape index (κ2) is 37.1. The molecule has 0 aromatic heterocycles. The Kier molecular flexibility index (Phi) is 33.1.